The van der Waals surface area contributed by atoms with Gasteiger partial charge in [-0.25, -0.2) is 9.59 Å². The highest BCUT2D eigenvalue weighted by Crippen LogP contribution is 2.34. The average Bonchev–Trinajstić information content (AvgIpc) is 3.06. The van der Waals surface area contributed by atoms with Crippen LogP contribution in [0, 0.1) is 0 Å². The van der Waals surface area contributed by atoms with E-state index in [-0.39, 0.29) is 24.2 Å². The van der Waals surface area contributed by atoms with Crippen LogP contribution in [0.5, 0.6) is 0 Å². The minimum Gasteiger partial charge on any atom is -0.457 e. The van der Waals surface area contributed by atoms with E-state index < -0.39 is 5.60 Å². The molecule has 0 aliphatic carbocycles. The lowest BCUT2D eigenvalue weighted by Crippen LogP contribution is -2.60. The molecule has 1 aromatic rings. The summed E-state index contributed by atoms with van der Waals surface area (Å²) in [5.74, 6) is -0.232. The highest BCUT2D eigenvalue weighted by molar-refractivity contribution is 5.94. The molecule has 7 nitrogen and oxygen atoms in total. The first kappa shape index (κ1) is 20.2. The topological polar surface area (TPSA) is 68.3 Å². The van der Waals surface area contributed by atoms with Gasteiger partial charge in [-0.3, -0.25) is 4.90 Å². The third-order valence-corrected chi connectivity index (χ3v) is 5.88. The molecule has 2 fully saturated rings. The van der Waals surface area contributed by atoms with Crippen LogP contribution in [0.2, 0.25) is 0 Å². The summed E-state index contributed by atoms with van der Waals surface area (Å²) in [7, 11) is 0. The summed E-state index contributed by atoms with van der Waals surface area (Å²) in [6.45, 7) is 11.6. The lowest BCUT2D eigenvalue weighted by Gasteiger charge is -2.46. The molecule has 0 bridgehead atoms. The van der Waals surface area contributed by atoms with Gasteiger partial charge in [0.2, 0.25) is 0 Å². The number of cyclic esters (lactones) is 1. The fourth-order valence-corrected chi connectivity index (χ4v) is 4.47. The van der Waals surface area contributed by atoms with Crippen LogP contribution in [0.25, 0.3) is 0 Å². The molecule has 3 aliphatic rings. The summed E-state index contributed by atoms with van der Waals surface area (Å²) in [6, 6.07) is 4.07. The second kappa shape index (κ2) is 7.61. The number of esters is 1. The number of benzene rings is 1. The number of hydrogen-bond donors (Lipinski definition) is 0. The van der Waals surface area contributed by atoms with Gasteiger partial charge in [0.1, 0.15) is 12.2 Å². The molecular formula is C22H30N2O5. The van der Waals surface area contributed by atoms with Gasteiger partial charge < -0.3 is 19.1 Å². The van der Waals surface area contributed by atoms with E-state index in [1.165, 1.54) is 5.56 Å². The molecular weight excluding hydrogens is 372 g/mol. The Morgan fingerprint density at radius 3 is 2.76 bits per heavy atom. The van der Waals surface area contributed by atoms with E-state index in [2.05, 4.69) is 11.8 Å². The van der Waals surface area contributed by atoms with Crippen molar-refractivity contribution in [2.75, 3.05) is 32.8 Å². The third-order valence-electron chi connectivity index (χ3n) is 5.88. The monoisotopic (exact) mass is 402 g/mol. The predicted octanol–water partition coefficient (Wildman–Crippen LogP) is 2.91. The Balaban J connectivity index is 1.45. The van der Waals surface area contributed by atoms with Crippen LogP contribution >= 0.6 is 0 Å². The predicted molar refractivity (Wildman–Crippen MR) is 107 cm³/mol. The molecule has 2 atom stereocenters. The van der Waals surface area contributed by atoms with E-state index in [0.29, 0.717) is 31.9 Å². The molecule has 0 spiro atoms. The molecule has 158 valence electrons. The number of fused-ring (bicyclic) bond motifs is 2. The molecule has 0 saturated carbocycles. The molecule has 1 aromatic carbocycles. The van der Waals surface area contributed by atoms with Gasteiger partial charge in [0.25, 0.3) is 0 Å². The first-order valence-electron chi connectivity index (χ1n) is 10.4. The Morgan fingerprint density at radius 1 is 1.24 bits per heavy atom. The summed E-state index contributed by atoms with van der Waals surface area (Å²) in [5, 5.41) is 0. The quantitative estimate of drug-likeness (QED) is 0.709. The van der Waals surface area contributed by atoms with E-state index >= 15 is 0 Å². The van der Waals surface area contributed by atoms with Crippen molar-refractivity contribution in [1.29, 1.82) is 0 Å². The lowest BCUT2D eigenvalue weighted by molar-refractivity contribution is -0.0908. The van der Waals surface area contributed by atoms with Gasteiger partial charge >= 0.3 is 12.1 Å². The van der Waals surface area contributed by atoms with Crippen molar-refractivity contribution in [2.24, 2.45) is 0 Å². The summed E-state index contributed by atoms with van der Waals surface area (Å²) in [5.41, 5.74) is 3.53. The van der Waals surface area contributed by atoms with Gasteiger partial charge in [0, 0.05) is 31.7 Å². The summed E-state index contributed by atoms with van der Waals surface area (Å²) < 4.78 is 17.0. The lowest BCUT2D eigenvalue weighted by atomic mass is 9.91. The van der Waals surface area contributed by atoms with Crippen LogP contribution < -0.4 is 0 Å². The molecule has 3 heterocycles. The molecule has 0 N–H and O–H groups in total. The molecule has 29 heavy (non-hydrogen) atoms. The van der Waals surface area contributed by atoms with Crippen LogP contribution in [0.4, 0.5) is 4.79 Å². The molecule has 2 saturated heterocycles. The fraction of sp³-hybridized carbons (Fsp3) is 0.636. The van der Waals surface area contributed by atoms with E-state index in [4.69, 9.17) is 14.2 Å². The van der Waals surface area contributed by atoms with Crippen LogP contribution in [0.15, 0.2) is 12.1 Å². The number of piperazine rings is 1. The first-order valence-corrected chi connectivity index (χ1v) is 10.4. The van der Waals surface area contributed by atoms with Crippen molar-refractivity contribution in [3.63, 3.8) is 0 Å². The molecule has 4 rings (SSSR count). The van der Waals surface area contributed by atoms with Gasteiger partial charge in [0.15, 0.2) is 0 Å². The van der Waals surface area contributed by atoms with Crippen molar-refractivity contribution < 1.29 is 23.8 Å². The zero-order chi connectivity index (χ0) is 20.8. The smallest absolute Gasteiger partial charge is 0.410 e. The number of morpholine rings is 1. The van der Waals surface area contributed by atoms with Crippen molar-refractivity contribution in [3.05, 3.63) is 34.4 Å². The largest absolute Gasteiger partial charge is 0.457 e. The van der Waals surface area contributed by atoms with Crippen LogP contribution in [-0.2, 0) is 27.2 Å². The van der Waals surface area contributed by atoms with Gasteiger partial charge in [-0.2, -0.15) is 0 Å². The summed E-state index contributed by atoms with van der Waals surface area (Å²) >= 11 is 0. The highest BCUT2D eigenvalue weighted by atomic mass is 16.6. The minimum atomic E-state index is -0.488. The number of hydrogen-bond acceptors (Lipinski definition) is 6. The van der Waals surface area contributed by atoms with Crippen molar-refractivity contribution in [3.8, 4) is 0 Å². The van der Waals surface area contributed by atoms with Crippen LogP contribution in [-0.4, -0.2) is 66.3 Å². The zero-order valence-corrected chi connectivity index (χ0v) is 17.7. The Kier molecular flexibility index (Phi) is 5.29. The van der Waals surface area contributed by atoms with Crippen LogP contribution in [0.1, 0.15) is 60.8 Å². The Morgan fingerprint density at radius 2 is 2.03 bits per heavy atom. The molecule has 0 unspecified atom stereocenters. The van der Waals surface area contributed by atoms with E-state index in [0.717, 1.165) is 30.6 Å². The average molecular weight is 402 g/mol. The molecule has 7 heteroatoms. The van der Waals surface area contributed by atoms with E-state index in [1.54, 1.807) is 4.90 Å². The maximum absolute atomic E-state index is 12.4. The van der Waals surface area contributed by atoms with Crippen molar-refractivity contribution >= 4 is 12.1 Å². The Labute approximate surface area is 171 Å². The van der Waals surface area contributed by atoms with Gasteiger partial charge in [-0.1, -0.05) is 13.0 Å². The molecule has 0 aromatic heterocycles. The zero-order valence-electron chi connectivity index (χ0n) is 17.7. The van der Waals surface area contributed by atoms with Crippen molar-refractivity contribution in [2.45, 2.75) is 58.5 Å². The standard InChI is InChI=1S/C22H30N2O5/c1-5-15-16(6-7-17-18(15)13-28-20(17)25)19-11-23-8-9-24(10-14(23)12-27-19)21(26)29-22(2,3)4/h6-7,14,19H,5,8-13H2,1-4H3/t14-,19+/m0/s1. The van der Waals surface area contributed by atoms with Gasteiger partial charge in [0.05, 0.1) is 24.3 Å². The normalized spacial score (nSPS) is 24.7. The minimum absolute atomic E-state index is 0.0321. The molecule has 0 radical (unpaired) electrons. The molecule has 3 aliphatic heterocycles. The maximum atomic E-state index is 12.4. The number of amides is 1. The Bertz CT molecular complexity index is 816. The second-order valence-electron chi connectivity index (χ2n) is 8.99. The first-order chi connectivity index (χ1) is 13.8. The summed E-state index contributed by atoms with van der Waals surface area (Å²) in [4.78, 5) is 28.5. The number of carbonyl (C=O) groups excluding carboxylic acids is 2. The maximum Gasteiger partial charge on any atom is 0.410 e. The number of rotatable bonds is 2. The van der Waals surface area contributed by atoms with E-state index in [1.807, 2.05) is 32.9 Å². The van der Waals surface area contributed by atoms with E-state index in [9.17, 15) is 9.59 Å². The van der Waals surface area contributed by atoms with Gasteiger partial charge in [-0.05, 0) is 44.4 Å². The van der Waals surface area contributed by atoms with Crippen LogP contribution in [0.3, 0.4) is 0 Å². The number of carbonyl (C=O) groups is 2. The fourth-order valence-electron chi connectivity index (χ4n) is 4.47. The SMILES string of the molecule is CCc1c([C@H]2CN3CCN(C(=O)OC(C)(C)C)C[C@H]3CO2)ccc2c1COC2=O. The second-order valence-corrected chi connectivity index (χ2v) is 8.99. The summed E-state index contributed by atoms with van der Waals surface area (Å²) in [6.07, 6.45) is 0.552. The number of ether oxygens (including phenoxy) is 3. The number of nitrogens with zero attached hydrogens (tertiary/aromatic N) is 2. The molecule has 1 amide bonds. The van der Waals surface area contributed by atoms with Crippen molar-refractivity contribution in [1.82, 2.24) is 9.80 Å². The van der Waals surface area contributed by atoms with Gasteiger partial charge in [-0.15, -0.1) is 0 Å². The highest BCUT2D eigenvalue weighted by Gasteiger charge is 2.38. The Hall–Kier alpha value is -2.12. The third kappa shape index (κ3) is 3.98.